The highest BCUT2D eigenvalue weighted by Crippen LogP contribution is 2.37. The van der Waals surface area contributed by atoms with E-state index in [4.69, 9.17) is 17.3 Å². The highest BCUT2D eigenvalue weighted by molar-refractivity contribution is 6.31. The van der Waals surface area contributed by atoms with Crippen LogP contribution in [0.5, 0.6) is 0 Å². The summed E-state index contributed by atoms with van der Waals surface area (Å²) in [6.45, 7) is 4.17. The largest absolute Gasteiger partial charge is 0.382 e. The number of H-pyrrole nitrogens is 1. The van der Waals surface area contributed by atoms with Crippen LogP contribution < -0.4 is 5.73 Å². The highest BCUT2D eigenvalue weighted by Gasteiger charge is 2.22. The Balaban J connectivity index is 2.62. The number of aromatic amines is 1. The lowest BCUT2D eigenvalue weighted by Crippen LogP contribution is -2.00. The molecule has 0 unspecified atom stereocenters. The Hall–Kier alpha value is -1.55. The van der Waals surface area contributed by atoms with E-state index in [1.165, 1.54) is 6.07 Å². The number of hydrogen-bond acceptors (Lipinski definition) is 2. The second kappa shape index (κ2) is 5.61. The van der Waals surface area contributed by atoms with Crippen molar-refractivity contribution in [2.45, 2.75) is 32.6 Å². The third-order valence-corrected chi connectivity index (χ3v) is 3.73. The zero-order valence-electron chi connectivity index (χ0n) is 11.0. The van der Waals surface area contributed by atoms with Gasteiger partial charge < -0.3 is 5.73 Å². The number of nitrogens with zero attached hydrogens (tertiary/aromatic N) is 1. The molecule has 1 aromatic carbocycles. The number of anilines is 1. The van der Waals surface area contributed by atoms with Crippen molar-refractivity contribution in [2.75, 3.05) is 5.73 Å². The minimum absolute atomic E-state index is 0.0913. The van der Waals surface area contributed by atoms with Crippen molar-refractivity contribution in [1.82, 2.24) is 10.2 Å². The smallest absolute Gasteiger partial charge is 0.153 e. The van der Waals surface area contributed by atoms with Gasteiger partial charge in [-0.1, -0.05) is 37.6 Å². The summed E-state index contributed by atoms with van der Waals surface area (Å²) in [4.78, 5) is 0. The predicted molar refractivity (Wildman–Crippen MR) is 76.7 cm³/mol. The van der Waals surface area contributed by atoms with E-state index in [2.05, 4.69) is 24.0 Å². The topological polar surface area (TPSA) is 54.7 Å². The minimum atomic E-state index is -0.454. The normalized spacial score (nSPS) is 11.2. The van der Waals surface area contributed by atoms with Crippen LogP contribution in [0.3, 0.4) is 0 Å². The van der Waals surface area contributed by atoms with Gasteiger partial charge in [-0.15, -0.1) is 0 Å². The molecule has 3 N–H and O–H groups in total. The van der Waals surface area contributed by atoms with Crippen LogP contribution in [-0.4, -0.2) is 10.2 Å². The van der Waals surface area contributed by atoms with Gasteiger partial charge in [0, 0.05) is 22.7 Å². The number of nitrogens with one attached hydrogen (secondary N) is 1. The molecule has 0 bridgehead atoms. The molecule has 2 aromatic rings. The van der Waals surface area contributed by atoms with Crippen LogP contribution in [0.2, 0.25) is 5.02 Å². The van der Waals surface area contributed by atoms with Crippen LogP contribution >= 0.6 is 11.6 Å². The maximum Gasteiger partial charge on any atom is 0.153 e. The van der Waals surface area contributed by atoms with Gasteiger partial charge in [-0.2, -0.15) is 5.10 Å². The van der Waals surface area contributed by atoms with Crippen LogP contribution in [0.1, 0.15) is 38.3 Å². The minimum Gasteiger partial charge on any atom is -0.382 e. The highest BCUT2D eigenvalue weighted by atomic mass is 35.5. The van der Waals surface area contributed by atoms with Crippen molar-refractivity contribution in [1.29, 1.82) is 0 Å². The standard InChI is InChI=1S/C14H17ClFN3/c1-3-8(4-2)13-11(14(17)19-18-13)9-6-5-7-10(15)12(9)16/h5-8H,3-4H2,1-2H3,(H3,17,18,19). The first-order valence-corrected chi connectivity index (χ1v) is 6.76. The fraction of sp³-hybridized carbons (Fsp3) is 0.357. The zero-order chi connectivity index (χ0) is 14.0. The lowest BCUT2D eigenvalue weighted by molar-refractivity contribution is 0.617. The van der Waals surface area contributed by atoms with Gasteiger partial charge in [-0.25, -0.2) is 4.39 Å². The van der Waals surface area contributed by atoms with Crippen molar-refractivity contribution in [2.24, 2.45) is 0 Å². The second-order valence-electron chi connectivity index (χ2n) is 4.51. The monoisotopic (exact) mass is 281 g/mol. The number of aromatic nitrogens is 2. The number of halogens is 2. The molecule has 0 atom stereocenters. The average Bonchev–Trinajstić information content (AvgIpc) is 2.77. The fourth-order valence-electron chi connectivity index (χ4n) is 2.34. The number of nitrogen functional groups attached to an aromatic ring is 1. The molecule has 1 aromatic heterocycles. The SMILES string of the molecule is CCC(CC)c1[nH]nc(N)c1-c1cccc(Cl)c1F. The number of rotatable bonds is 4. The Kier molecular flexibility index (Phi) is 4.10. The molecule has 102 valence electrons. The van der Waals surface area contributed by atoms with Crippen LogP contribution in [0.15, 0.2) is 18.2 Å². The molecule has 0 aliphatic rings. The van der Waals surface area contributed by atoms with Gasteiger partial charge in [0.05, 0.1) is 5.02 Å². The molecule has 0 saturated heterocycles. The van der Waals surface area contributed by atoms with E-state index >= 15 is 0 Å². The van der Waals surface area contributed by atoms with Crippen molar-refractivity contribution in [3.63, 3.8) is 0 Å². The molecule has 0 saturated carbocycles. The molecule has 2 rings (SSSR count). The van der Waals surface area contributed by atoms with E-state index in [1.54, 1.807) is 12.1 Å². The molecular weight excluding hydrogens is 265 g/mol. The van der Waals surface area contributed by atoms with E-state index in [0.717, 1.165) is 18.5 Å². The third-order valence-electron chi connectivity index (χ3n) is 3.44. The molecule has 0 aliphatic heterocycles. The molecule has 0 aliphatic carbocycles. The van der Waals surface area contributed by atoms with Crippen LogP contribution in [0.25, 0.3) is 11.1 Å². The van der Waals surface area contributed by atoms with Gasteiger partial charge in [-0.05, 0) is 18.9 Å². The Morgan fingerprint density at radius 3 is 2.68 bits per heavy atom. The van der Waals surface area contributed by atoms with E-state index in [-0.39, 0.29) is 10.9 Å². The molecule has 0 fully saturated rings. The maximum atomic E-state index is 14.2. The summed E-state index contributed by atoms with van der Waals surface area (Å²) in [6.07, 6.45) is 1.88. The molecule has 19 heavy (non-hydrogen) atoms. The van der Waals surface area contributed by atoms with Gasteiger partial charge in [0.1, 0.15) is 5.82 Å². The quantitative estimate of drug-likeness (QED) is 0.875. The molecule has 5 heteroatoms. The molecular formula is C14H17ClFN3. The maximum absolute atomic E-state index is 14.2. The van der Waals surface area contributed by atoms with Gasteiger partial charge in [0.15, 0.2) is 5.82 Å². The molecule has 0 radical (unpaired) electrons. The fourth-order valence-corrected chi connectivity index (χ4v) is 2.52. The summed E-state index contributed by atoms with van der Waals surface area (Å²) in [5, 5.41) is 7.05. The van der Waals surface area contributed by atoms with Gasteiger partial charge in [-0.3, -0.25) is 5.10 Å². The Labute approximate surface area is 117 Å². The predicted octanol–water partition coefficient (Wildman–Crippen LogP) is 4.36. The Morgan fingerprint density at radius 2 is 2.05 bits per heavy atom. The van der Waals surface area contributed by atoms with Crippen molar-refractivity contribution in [3.8, 4) is 11.1 Å². The van der Waals surface area contributed by atoms with E-state index in [0.29, 0.717) is 16.9 Å². The number of nitrogens with two attached hydrogens (primary N) is 1. The first kappa shape index (κ1) is 13.9. The summed E-state index contributed by atoms with van der Waals surface area (Å²) in [5.41, 5.74) is 7.80. The van der Waals surface area contributed by atoms with E-state index in [1.807, 2.05) is 0 Å². The van der Waals surface area contributed by atoms with Gasteiger partial charge in [0.2, 0.25) is 0 Å². The number of benzene rings is 1. The zero-order valence-corrected chi connectivity index (χ0v) is 11.8. The lowest BCUT2D eigenvalue weighted by Gasteiger charge is -2.13. The van der Waals surface area contributed by atoms with Crippen LogP contribution in [-0.2, 0) is 0 Å². The Morgan fingerprint density at radius 1 is 1.37 bits per heavy atom. The van der Waals surface area contributed by atoms with Crippen LogP contribution in [0, 0.1) is 5.82 Å². The third kappa shape index (κ3) is 2.45. The van der Waals surface area contributed by atoms with Gasteiger partial charge >= 0.3 is 0 Å². The summed E-state index contributed by atoms with van der Waals surface area (Å²) >= 11 is 5.84. The number of hydrogen-bond donors (Lipinski definition) is 2. The summed E-state index contributed by atoms with van der Waals surface area (Å²) in [7, 11) is 0. The Bertz CT molecular complexity index is 576. The lowest BCUT2D eigenvalue weighted by atomic mass is 9.93. The van der Waals surface area contributed by atoms with Crippen LogP contribution in [0.4, 0.5) is 10.2 Å². The summed E-state index contributed by atoms with van der Waals surface area (Å²) in [5.74, 6) is 0.130. The molecule has 3 nitrogen and oxygen atoms in total. The molecule has 0 spiro atoms. The van der Waals surface area contributed by atoms with Crippen molar-refractivity contribution < 1.29 is 4.39 Å². The molecule has 0 amide bonds. The summed E-state index contributed by atoms with van der Waals surface area (Å²) < 4.78 is 14.2. The van der Waals surface area contributed by atoms with Crippen molar-refractivity contribution >= 4 is 17.4 Å². The average molecular weight is 282 g/mol. The second-order valence-corrected chi connectivity index (χ2v) is 4.92. The summed E-state index contributed by atoms with van der Waals surface area (Å²) in [6, 6.07) is 4.91. The first-order chi connectivity index (χ1) is 9.10. The first-order valence-electron chi connectivity index (χ1n) is 6.38. The van der Waals surface area contributed by atoms with E-state index < -0.39 is 5.82 Å². The van der Waals surface area contributed by atoms with Crippen molar-refractivity contribution in [3.05, 3.63) is 34.7 Å². The van der Waals surface area contributed by atoms with Gasteiger partial charge in [0.25, 0.3) is 0 Å². The molecule has 1 heterocycles. The van der Waals surface area contributed by atoms with E-state index in [9.17, 15) is 4.39 Å².